The molecule has 3 rings (SSSR count). The molecule has 132 valence electrons. The van der Waals surface area contributed by atoms with Crippen molar-refractivity contribution in [3.8, 4) is 0 Å². The number of hydrogen-bond acceptors (Lipinski definition) is 2. The van der Waals surface area contributed by atoms with Crippen LogP contribution in [0.5, 0.6) is 0 Å². The molecule has 2 aromatic carbocycles. The average molecular weight is 416 g/mol. The number of nitrogens with zero attached hydrogens (tertiary/aromatic N) is 1. The van der Waals surface area contributed by atoms with Gasteiger partial charge in [-0.1, -0.05) is 34.1 Å². The van der Waals surface area contributed by atoms with Crippen LogP contribution in [-0.2, 0) is 0 Å². The minimum atomic E-state index is -0.656. The van der Waals surface area contributed by atoms with Crippen LogP contribution < -0.4 is 0 Å². The molecule has 1 aromatic heterocycles. The summed E-state index contributed by atoms with van der Waals surface area (Å²) in [6.45, 7) is 1.81. The monoisotopic (exact) mass is 415 g/mol. The fraction of sp³-hybridized carbons (Fsp3) is 0.143. The molecule has 0 saturated carbocycles. The predicted molar refractivity (Wildman–Crippen MR) is 100 cm³/mol. The number of rotatable bonds is 5. The Morgan fingerprint density at radius 3 is 2.46 bits per heavy atom. The van der Waals surface area contributed by atoms with Crippen LogP contribution in [0.25, 0.3) is 0 Å². The summed E-state index contributed by atoms with van der Waals surface area (Å²) in [4.78, 5) is 16.9. The summed E-state index contributed by atoms with van der Waals surface area (Å²) in [5.74, 6) is -1.93. The van der Waals surface area contributed by atoms with Crippen LogP contribution in [0, 0.1) is 18.6 Å². The van der Waals surface area contributed by atoms with Gasteiger partial charge in [0, 0.05) is 40.3 Å². The van der Waals surface area contributed by atoms with Crippen molar-refractivity contribution >= 4 is 21.7 Å². The van der Waals surface area contributed by atoms with Crippen LogP contribution in [-0.4, -0.2) is 10.8 Å². The number of Topliss-reactive ketones (excluding diaryl/α,β-unsaturated/α-hetero) is 1. The summed E-state index contributed by atoms with van der Waals surface area (Å²) >= 11 is 3.37. The van der Waals surface area contributed by atoms with E-state index < -0.39 is 17.6 Å². The van der Waals surface area contributed by atoms with Crippen molar-refractivity contribution < 1.29 is 13.6 Å². The van der Waals surface area contributed by atoms with Crippen molar-refractivity contribution in [2.75, 3.05) is 0 Å². The molecule has 0 saturated heterocycles. The number of pyridine rings is 1. The first-order valence-electron chi connectivity index (χ1n) is 8.10. The molecule has 0 fully saturated rings. The first-order chi connectivity index (χ1) is 12.4. The number of benzene rings is 2. The van der Waals surface area contributed by atoms with E-state index in [2.05, 4.69) is 20.9 Å². The van der Waals surface area contributed by atoms with E-state index in [4.69, 9.17) is 0 Å². The lowest BCUT2D eigenvalue weighted by molar-refractivity contribution is 0.0977. The van der Waals surface area contributed by atoms with Gasteiger partial charge in [-0.25, -0.2) is 8.78 Å². The molecule has 0 aliphatic rings. The third kappa shape index (κ3) is 4.22. The normalized spacial score (nSPS) is 12.0. The third-order valence-electron chi connectivity index (χ3n) is 4.22. The second-order valence-electron chi connectivity index (χ2n) is 6.08. The maximum Gasteiger partial charge on any atom is 0.163 e. The van der Waals surface area contributed by atoms with Crippen LogP contribution in [0.1, 0.15) is 39.5 Å². The van der Waals surface area contributed by atoms with Crippen molar-refractivity contribution in [2.45, 2.75) is 19.3 Å². The van der Waals surface area contributed by atoms with Gasteiger partial charge >= 0.3 is 0 Å². The van der Waals surface area contributed by atoms with E-state index in [0.29, 0.717) is 11.1 Å². The van der Waals surface area contributed by atoms with Crippen molar-refractivity contribution in [1.82, 2.24) is 4.98 Å². The van der Waals surface area contributed by atoms with Gasteiger partial charge in [0.15, 0.2) is 5.78 Å². The largest absolute Gasteiger partial charge is 0.294 e. The van der Waals surface area contributed by atoms with Gasteiger partial charge in [0.2, 0.25) is 0 Å². The van der Waals surface area contributed by atoms with E-state index in [1.807, 2.05) is 31.2 Å². The summed E-state index contributed by atoms with van der Waals surface area (Å²) in [5.41, 5.74) is 2.36. The third-order valence-corrected chi connectivity index (χ3v) is 4.75. The molecule has 0 spiro atoms. The number of halogens is 3. The van der Waals surface area contributed by atoms with Crippen molar-refractivity contribution in [3.63, 3.8) is 0 Å². The number of aromatic nitrogens is 1. The zero-order valence-corrected chi connectivity index (χ0v) is 15.6. The molecule has 1 unspecified atom stereocenters. The maximum atomic E-state index is 14.4. The highest BCUT2D eigenvalue weighted by molar-refractivity contribution is 9.10. The van der Waals surface area contributed by atoms with E-state index in [1.54, 1.807) is 18.3 Å². The van der Waals surface area contributed by atoms with Gasteiger partial charge in [0.05, 0.1) is 0 Å². The summed E-state index contributed by atoms with van der Waals surface area (Å²) in [6.07, 6.45) is 1.66. The van der Waals surface area contributed by atoms with Gasteiger partial charge in [-0.3, -0.25) is 9.78 Å². The van der Waals surface area contributed by atoms with E-state index in [-0.39, 0.29) is 12.2 Å². The molecule has 0 amide bonds. The first kappa shape index (κ1) is 18.4. The van der Waals surface area contributed by atoms with Gasteiger partial charge in [-0.05, 0) is 48.4 Å². The molecule has 0 bridgehead atoms. The summed E-state index contributed by atoms with van der Waals surface area (Å²) in [7, 11) is 0. The Bertz CT molecular complexity index is 941. The molecular formula is C21H16BrF2NO. The molecule has 26 heavy (non-hydrogen) atoms. The van der Waals surface area contributed by atoms with Gasteiger partial charge in [0.1, 0.15) is 11.6 Å². The highest BCUT2D eigenvalue weighted by Crippen LogP contribution is 2.32. The number of aryl methyl sites for hydroxylation is 1. The fourth-order valence-electron chi connectivity index (χ4n) is 2.91. The zero-order chi connectivity index (χ0) is 18.7. The highest BCUT2D eigenvalue weighted by Gasteiger charge is 2.22. The van der Waals surface area contributed by atoms with Crippen LogP contribution in [0.15, 0.2) is 65.3 Å². The Labute approximate surface area is 159 Å². The summed E-state index contributed by atoms with van der Waals surface area (Å²) in [5, 5.41) is 0. The number of carbonyl (C=O) groups excluding carboxylic acids is 1. The minimum absolute atomic E-state index is 0.0770. The van der Waals surface area contributed by atoms with E-state index in [0.717, 1.165) is 21.8 Å². The molecular weight excluding hydrogens is 400 g/mol. The average Bonchev–Trinajstić information content (AvgIpc) is 2.61. The minimum Gasteiger partial charge on any atom is -0.294 e. The number of ketones is 1. The molecule has 2 nitrogen and oxygen atoms in total. The SMILES string of the molecule is Cc1cc(C(=O)CC(c2ccc(Br)cc2)c2ccc(F)cc2F)ccn1. The fourth-order valence-corrected chi connectivity index (χ4v) is 3.17. The van der Waals surface area contributed by atoms with Crippen LogP contribution in [0.3, 0.4) is 0 Å². The summed E-state index contributed by atoms with van der Waals surface area (Å²) in [6, 6.07) is 14.2. The number of carbonyl (C=O) groups is 1. The Hall–Kier alpha value is -2.40. The zero-order valence-electron chi connectivity index (χ0n) is 14.0. The number of hydrogen-bond donors (Lipinski definition) is 0. The highest BCUT2D eigenvalue weighted by atomic mass is 79.9. The quantitative estimate of drug-likeness (QED) is 0.490. The molecule has 0 aliphatic heterocycles. The molecule has 0 radical (unpaired) electrons. The lowest BCUT2D eigenvalue weighted by Gasteiger charge is -2.18. The van der Waals surface area contributed by atoms with E-state index >= 15 is 0 Å². The van der Waals surface area contributed by atoms with Crippen molar-refractivity contribution in [2.24, 2.45) is 0 Å². The lowest BCUT2D eigenvalue weighted by Crippen LogP contribution is -2.11. The molecule has 1 atom stereocenters. The molecule has 1 heterocycles. The second-order valence-corrected chi connectivity index (χ2v) is 7.00. The Morgan fingerprint density at radius 1 is 1.08 bits per heavy atom. The molecule has 5 heteroatoms. The van der Waals surface area contributed by atoms with Crippen LogP contribution in [0.2, 0.25) is 0 Å². The van der Waals surface area contributed by atoms with Gasteiger partial charge < -0.3 is 0 Å². The van der Waals surface area contributed by atoms with Crippen LogP contribution >= 0.6 is 15.9 Å². The van der Waals surface area contributed by atoms with Gasteiger partial charge in [-0.15, -0.1) is 0 Å². The first-order valence-corrected chi connectivity index (χ1v) is 8.89. The second kappa shape index (κ2) is 7.87. The Morgan fingerprint density at radius 2 is 1.81 bits per heavy atom. The Kier molecular flexibility index (Phi) is 5.57. The van der Waals surface area contributed by atoms with Crippen molar-refractivity contribution in [3.05, 3.63) is 99.3 Å². The van der Waals surface area contributed by atoms with E-state index in [9.17, 15) is 13.6 Å². The predicted octanol–water partition coefficient (Wildman–Crippen LogP) is 5.84. The van der Waals surface area contributed by atoms with E-state index in [1.165, 1.54) is 12.1 Å². The standard InChI is InChI=1S/C21H16BrF2NO/c1-13-10-15(8-9-25-13)21(26)12-19(14-2-4-16(22)5-3-14)18-7-6-17(23)11-20(18)24/h2-11,19H,12H2,1H3. The lowest BCUT2D eigenvalue weighted by atomic mass is 9.85. The molecule has 0 N–H and O–H groups in total. The van der Waals surface area contributed by atoms with Gasteiger partial charge in [-0.2, -0.15) is 0 Å². The van der Waals surface area contributed by atoms with Gasteiger partial charge in [0.25, 0.3) is 0 Å². The smallest absolute Gasteiger partial charge is 0.163 e. The van der Waals surface area contributed by atoms with Crippen molar-refractivity contribution in [1.29, 1.82) is 0 Å². The topological polar surface area (TPSA) is 30.0 Å². The maximum absolute atomic E-state index is 14.4. The van der Waals surface area contributed by atoms with Crippen LogP contribution in [0.4, 0.5) is 8.78 Å². The Balaban J connectivity index is 2.00. The summed E-state index contributed by atoms with van der Waals surface area (Å²) < 4.78 is 28.6. The molecule has 0 aliphatic carbocycles. The molecule has 3 aromatic rings.